The van der Waals surface area contributed by atoms with Crippen LogP contribution in [0.2, 0.25) is 0 Å². The van der Waals surface area contributed by atoms with Gasteiger partial charge < -0.3 is 4.90 Å². The molecule has 154 valence electrons. The van der Waals surface area contributed by atoms with E-state index in [9.17, 15) is 9.18 Å². The number of amides is 1. The molecule has 0 N–H and O–H groups in total. The zero-order valence-electron chi connectivity index (χ0n) is 16.7. The van der Waals surface area contributed by atoms with E-state index in [1.807, 2.05) is 17.2 Å². The van der Waals surface area contributed by atoms with Crippen molar-refractivity contribution in [1.29, 1.82) is 0 Å². The van der Waals surface area contributed by atoms with Crippen LogP contribution in [0.3, 0.4) is 0 Å². The molecule has 1 aromatic carbocycles. The lowest BCUT2D eigenvalue weighted by atomic mass is 9.82. The first-order valence-electron chi connectivity index (χ1n) is 10.4. The summed E-state index contributed by atoms with van der Waals surface area (Å²) in [6.07, 6.45) is 4.63. The number of carbonyl (C=O) groups is 1. The molecule has 6 heteroatoms. The van der Waals surface area contributed by atoms with E-state index in [-0.39, 0.29) is 23.4 Å². The second-order valence-electron chi connectivity index (χ2n) is 8.22. The molecule has 0 bridgehead atoms. The highest BCUT2D eigenvalue weighted by Gasteiger charge is 2.47. The fourth-order valence-corrected chi connectivity index (χ4v) is 5.78. The van der Waals surface area contributed by atoms with Crippen LogP contribution >= 0.6 is 11.3 Å². The highest BCUT2D eigenvalue weighted by molar-refractivity contribution is 7.08. The lowest BCUT2D eigenvalue weighted by molar-refractivity contribution is 0.0609. The van der Waals surface area contributed by atoms with Crippen LogP contribution in [-0.4, -0.2) is 46.4 Å². The summed E-state index contributed by atoms with van der Waals surface area (Å²) < 4.78 is 14.3. The van der Waals surface area contributed by atoms with E-state index in [0.29, 0.717) is 12.5 Å². The van der Waals surface area contributed by atoms with Gasteiger partial charge in [-0.05, 0) is 52.6 Å². The number of nitrogens with zero attached hydrogens (tertiary/aromatic N) is 3. The van der Waals surface area contributed by atoms with Crippen LogP contribution in [0.15, 0.2) is 65.6 Å². The average Bonchev–Trinajstić information content (AvgIpc) is 3.42. The van der Waals surface area contributed by atoms with Gasteiger partial charge in [0.2, 0.25) is 0 Å². The predicted molar refractivity (Wildman–Crippen MR) is 116 cm³/mol. The van der Waals surface area contributed by atoms with Gasteiger partial charge in [-0.25, -0.2) is 4.39 Å². The van der Waals surface area contributed by atoms with Gasteiger partial charge in [0.05, 0.1) is 5.56 Å². The Kier molecular flexibility index (Phi) is 5.35. The molecule has 3 aromatic rings. The van der Waals surface area contributed by atoms with Crippen LogP contribution < -0.4 is 0 Å². The first kappa shape index (κ1) is 19.4. The van der Waals surface area contributed by atoms with Gasteiger partial charge in [-0.15, -0.1) is 0 Å². The third-order valence-corrected chi connectivity index (χ3v) is 7.18. The molecule has 5 rings (SSSR count). The molecule has 2 fully saturated rings. The lowest BCUT2D eigenvalue weighted by Crippen LogP contribution is -2.47. The second kappa shape index (κ2) is 8.28. The Bertz CT molecular complexity index is 1010. The molecule has 30 heavy (non-hydrogen) atoms. The van der Waals surface area contributed by atoms with Crippen molar-refractivity contribution in [2.45, 2.75) is 24.9 Å². The van der Waals surface area contributed by atoms with Crippen molar-refractivity contribution < 1.29 is 9.18 Å². The number of thiophene rings is 1. The van der Waals surface area contributed by atoms with E-state index in [0.717, 1.165) is 26.1 Å². The topological polar surface area (TPSA) is 36.4 Å². The number of aromatic nitrogens is 1. The van der Waals surface area contributed by atoms with Crippen LogP contribution in [0.5, 0.6) is 0 Å². The third kappa shape index (κ3) is 3.66. The summed E-state index contributed by atoms with van der Waals surface area (Å²) in [6.45, 7) is 3.38. The van der Waals surface area contributed by atoms with Crippen molar-refractivity contribution in [2.75, 3.05) is 19.6 Å². The van der Waals surface area contributed by atoms with E-state index in [1.54, 1.807) is 35.7 Å². The van der Waals surface area contributed by atoms with Crippen LogP contribution in [0.4, 0.5) is 4.39 Å². The second-order valence-corrected chi connectivity index (χ2v) is 9.00. The van der Waals surface area contributed by atoms with Crippen molar-refractivity contribution in [3.05, 3.63) is 88.1 Å². The summed E-state index contributed by atoms with van der Waals surface area (Å²) in [5, 5.41) is 4.29. The highest BCUT2D eigenvalue weighted by Crippen LogP contribution is 2.43. The van der Waals surface area contributed by atoms with Gasteiger partial charge in [-0.2, -0.15) is 11.3 Å². The molecule has 0 saturated carbocycles. The van der Waals surface area contributed by atoms with Gasteiger partial charge in [0.15, 0.2) is 0 Å². The largest absolute Gasteiger partial charge is 0.335 e. The molecular formula is C24H24FN3OS. The SMILES string of the molecule is O=C(c1ccccc1F)N1C[C@H](c2ccsc2)[C@H]2CN(Cc3cccnc3)CC[C@H]21. The summed E-state index contributed by atoms with van der Waals surface area (Å²) in [7, 11) is 0. The predicted octanol–water partition coefficient (Wildman–Crippen LogP) is 4.41. The smallest absolute Gasteiger partial charge is 0.257 e. The number of likely N-dealkylation sites (tertiary alicyclic amines) is 2. The highest BCUT2D eigenvalue weighted by atomic mass is 32.1. The average molecular weight is 422 g/mol. The maximum Gasteiger partial charge on any atom is 0.257 e. The van der Waals surface area contributed by atoms with Crippen molar-refractivity contribution >= 4 is 17.2 Å². The summed E-state index contributed by atoms with van der Waals surface area (Å²) in [5.41, 5.74) is 2.68. The molecule has 0 spiro atoms. The zero-order valence-corrected chi connectivity index (χ0v) is 17.5. The monoisotopic (exact) mass is 421 g/mol. The maximum atomic E-state index is 14.3. The van der Waals surface area contributed by atoms with E-state index in [1.165, 1.54) is 17.2 Å². The van der Waals surface area contributed by atoms with Gasteiger partial charge in [-0.3, -0.25) is 14.7 Å². The third-order valence-electron chi connectivity index (χ3n) is 6.48. The molecule has 3 atom stereocenters. The Balaban J connectivity index is 1.40. The number of fused-ring (bicyclic) bond motifs is 1. The van der Waals surface area contributed by atoms with Crippen LogP contribution in [-0.2, 0) is 6.54 Å². The van der Waals surface area contributed by atoms with Gasteiger partial charge in [0.25, 0.3) is 5.91 Å². The minimum absolute atomic E-state index is 0.146. The number of piperidine rings is 1. The first-order chi connectivity index (χ1) is 14.7. The van der Waals surface area contributed by atoms with E-state index in [4.69, 9.17) is 0 Å². The molecule has 0 aliphatic carbocycles. The first-order valence-corrected chi connectivity index (χ1v) is 11.3. The summed E-state index contributed by atoms with van der Waals surface area (Å²) >= 11 is 1.69. The van der Waals surface area contributed by atoms with Crippen molar-refractivity contribution in [3.63, 3.8) is 0 Å². The molecule has 0 unspecified atom stereocenters. The van der Waals surface area contributed by atoms with Gasteiger partial charge in [-0.1, -0.05) is 18.2 Å². The van der Waals surface area contributed by atoms with Gasteiger partial charge >= 0.3 is 0 Å². The van der Waals surface area contributed by atoms with E-state index < -0.39 is 5.82 Å². The number of hydrogen-bond acceptors (Lipinski definition) is 4. The molecular weight excluding hydrogens is 397 g/mol. The van der Waals surface area contributed by atoms with Crippen LogP contribution in [0, 0.1) is 11.7 Å². The number of rotatable bonds is 4. The number of pyridine rings is 1. The molecule has 2 aliphatic rings. The Morgan fingerprint density at radius 1 is 1.17 bits per heavy atom. The zero-order chi connectivity index (χ0) is 20.5. The number of halogens is 1. The molecule has 0 radical (unpaired) electrons. The number of carbonyl (C=O) groups excluding carboxylic acids is 1. The fourth-order valence-electron chi connectivity index (χ4n) is 5.06. The van der Waals surface area contributed by atoms with Gasteiger partial charge in [0, 0.05) is 56.5 Å². The standard InChI is InChI=1S/C24H24FN3OS/c25-22-6-2-1-5-19(22)24(29)28-15-20(18-8-11-30-16-18)21-14-27(10-7-23(21)28)13-17-4-3-9-26-12-17/h1-6,8-9,11-12,16,20-21,23H,7,10,13-15H2/t20-,21-,23-/m1/s1. The number of benzene rings is 1. The molecule has 1 amide bonds. The maximum absolute atomic E-state index is 14.3. The summed E-state index contributed by atoms with van der Waals surface area (Å²) in [5.74, 6) is 0.0167. The van der Waals surface area contributed by atoms with E-state index >= 15 is 0 Å². The Morgan fingerprint density at radius 3 is 2.83 bits per heavy atom. The van der Waals surface area contributed by atoms with Gasteiger partial charge in [0.1, 0.15) is 5.82 Å². The minimum Gasteiger partial charge on any atom is -0.335 e. The molecule has 2 saturated heterocycles. The fraction of sp³-hybridized carbons (Fsp3) is 0.333. The van der Waals surface area contributed by atoms with Crippen LogP contribution in [0.25, 0.3) is 0 Å². The van der Waals surface area contributed by atoms with E-state index in [2.05, 4.69) is 32.8 Å². The van der Waals surface area contributed by atoms with Crippen molar-refractivity contribution in [1.82, 2.24) is 14.8 Å². The molecule has 4 nitrogen and oxygen atoms in total. The van der Waals surface area contributed by atoms with Crippen LogP contribution in [0.1, 0.15) is 33.8 Å². The quantitative estimate of drug-likeness (QED) is 0.626. The summed E-state index contributed by atoms with van der Waals surface area (Å²) in [4.78, 5) is 21.9. The Labute approximate surface area is 180 Å². The summed E-state index contributed by atoms with van der Waals surface area (Å²) in [6, 6.07) is 12.7. The normalized spacial score (nSPS) is 24.0. The molecule has 4 heterocycles. The van der Waals surface area contributed by atoms with Crippen molar-refractivity contribution in [2.24, 2.45) is 5.92 Å². The minimum atomic E-state index is -0.438. The van der Waals surface area contributed by atoms with Crippen molar-refractivity contribution in [3.8, 4) is 0 Å². The lowest BCUT2D eigenvalue weighted by Gasteiger charge is -2.39. The number of hydrogen-bond donors (Lipinski definition) is 0. The Morgan fingerprint density at radius 2 is 2.07 bits per heavy atom. The molecule has 2 aromatic heterocycles. The Hall–Kier alpha value is -2.57. The molecule has 2 aliphatic heterocycles.